The van der Waals surface area contributed by atoms with Crippen molar-refractivity contribution in [3.8, 4) is 5.75 Å². The fraction of sp³-hybridized carbons (Fsp3) is 0.680. The molecule has 0 bridgehead atoms. The molecule has 0 unspecified atom stereocenters. The lowest BCUT2D eigenvalue weighted by atomic mass is 10.3. The molecule has 0 atom stereocenters. The molecule has 28 heavy (non-hydrogen) atoms. The maximum Gasteiger partial charge on any atom is 0.123 e. The molecule has 0 saturated heterocycles. The summed E-state index contributed by atoms with van der Waals surface area (Å²) in [5, 5.41) is 0. The quantitative estimate of drug-likeness (QED) is 0.321. The molecule has 0 aliphatic heterocycles. The lowest BCUT2D eigenvalue weighted by Crippen LogP contribution is -2.26. The second-order valence-electron chi connectivity index (χ2n) is 6.00. The van der Waals surface area contributed by atoms with Crippen molar-refractivity contribution in [3.05, 3.63) is 42.2 Å². The highest BCUT2D eigenvalue weighted by atomic mass is 19.1. The predicted molar refractivity (Wildman–Crippen MR) is 128 cm³/mol. The van der Waals surface area contributed by atoms with Crippen molar-refractivity contribution in [2.45, 2.75) is 88.5 Å². The lowest BCUT2D eigenvalue weighted by Gasteiger charge is -2.19. The van der Waals surface area contributed by atoms with E-state index in [4.69, 9.17) is 4.74 Å². The minimum atomic E-state index is -0.225. The zero-order chi connectivity index (χ0) is 22.8. The summed E-state index contributed by atoms with van der Waals surface area (Å²) in [6.45, 7) is 28.1. The van der Waals surface area contributed by atoms with E-state index in [0.717, 1.165) is 31.8 Å². The Bertz CT molecular complexity index is 386. The first-order valence-corrected chi connectivity index (χ1v) is 11.1. The van der Waals surface area contributed by atoms with Gasteiger partial charge in [0.25, 0.3) is 0 Å². The molecule has 3 heteroatoms. The predicted octanol–water partition coefficient (Wildman–Crippen LogP) is 8.38. The summed E-state index contributed by atoms with van der Waals surface area (Å²) in [6.07, 6.45) is 3.44. The minimum Gasteiger partial charge on any atom is -0.494 e. The van der Waals surface area contributed by atoms with Gasteiger partial charge in [0.15, 0.2) is 0 Å². The maximum absolute atomic E-state index is 12.6. The number of halogens is 1. The largest absolute Gasteiger partial charge is 0.494 e. The Kier molecular flexibility index (Phi) is 37.1. The number of ether oxygens (including phenoxy) is 1. The first-order chi connectivity index (χ1) is 13.4. The fourth-order valence-corrected chi connectivity index (χ4v) is 1.75. The maximum atomic E-state index is 12.6. The van der Waals surface area contributed by atoms with Gasteiger partial charge < -0.3 is 9.64 Å². The van der Waals surface area contributed by atoms with E-state index in [2.05, 4.69) is 39.2 Å². The molecular weight excluding hydrogens is 349 g/mol. The van der Waals surface area contributed by atoms with Crippen molar-refractivity contribution in [3.63, 3.8) is 0 Å². The van der Waals surface area contributed by atoms with Crippen LogP contribution in [0.15, 0.2) is 36.4 Å². The molecule has 0 aliphatic rings. The van der Waals surface area contributed by atoms with Crippen LogP contribution in [0.1, 0.15) is 88.5 Å². The molecule has 1 rings (SSSR count). The van der Waals surface area contributed by atoms with Crippen LogP contribution in [0.25, 0.3) is 0 Å². The second-order valence-corrected chi connectivity index (χ2v) is 6.00. The van der Waals surface area contributed by atoms with Gasteiger partial charge in [0.2, 0.25) is 0 Å². The van der Waals surface area contributed by atoms with Gasteiger partial charge >= 0.3 is 0 Å². The Labute approximate surface area is 177 Å². The third kappa shape index (κ3) is 32.3. The summed E-state index contributed by atoms with van der Waals surface area (Å²) in [5.41, 5.74) is 1.17. The standard InChI is InChI=1S/C14H22FNO.C4H8.C3H8.2C2H6/c1-3-10-16(4-2)11-5-12-17-14-8-6-13(15)7-9-14;1-4(2)3;1-3-2;2*1-2/h6-9H,3-5,10-12H2,1-2H3;1H2,2-3H3;3H2,1-2H3;2*1-2H3. The van der Waals surface area contributed by atoms with Crippen molar-refractivity contribution in [1.29, 1.82) is 0 Å². The van der Waals surface area contributed by atoms with Gasteiger partial charge in [-0.15, -0.1) is 6.58 Å². The van der Waals surface area contributed by atoms with Crippen LogP contribution < -0.4 is 4.74 Å². The van der Waals surface area contributed by atoms with Crippen LogP contribution in [0, 0.1) is 5.82 Å². The molecule has 0 fully saturated rings. The lowest BCUT2D eigenvalue weighted by molar-refractivity contribution is 0.242. The first-order valence-electron chi connectivity index (χ1n) is 11.1. The summed E-state index contributed by atoms with van der Waals surface area (Å²) >= 11 is 0. The van der Waals surface area contributed by atoms with Crippen molar-refractivity contribution in [1.82, 2.24) is 4.90 Å². The molecule has 0 spiro atoms. The van der Waals surface area contributed by atoms with Gasteiger partial charge in [0.1, 0.15) is 11.6 Å². The Morgan fingerprint density at radius 1 is 0.929 bits per heavy atom. The summed E-state index contributed by atoms with van der Waals surface area (Å²) in [6, 6.07) is 6.17. The van der Waals surface area contributed by atoms with E-state index in [1.165, 1.54) is 30.5 Å². The zero-order valence-corrected chi connectivity index (χ0v) is 20.7. The Morgan fingerprint density at radius 2 is 1.36 bits per heavy atom. The summed E-state index contributed by atoms with van der Waals surface area (Å²) < 4.78 is 18.2. The molecule has 0 heterocycles. The van der Waals surface area contributed by atoms with Crippen molar-refractivity contribution < 1.29 is 9.13 Å². The second kappa shape index (κ2) is 30.4. The van der Waals surface area contributed by atoms with Crippen LogP contribution in [0.5, 0.6) is 5.75 Å². The highest BCUT2D eigenvalue weighted by Crippen LogP contribution is 2.11. The van der Waals surface area contributed by atoms with Crippen LogP contribution in [-0.2, 0) is 0 Å². The average molecular weight is 400 g/mol. The van der Waals surface area contributed by atoms with E-state index in [0.29, 0.717) is 6.61 Å². The van der Waals surface area contributed by atoms with Gasteiger partial charge in [-0.2, -0.15) is 0 Å². The topological polar surface area (TPSA) is 12.5 Å². The monoisotopic (exact) mass is 399 g/mol. The van der Waals surface area contributed by atoms with Gasteiger partial charge in [0, 0.05) is 6.54 Å². The molecule has 0 saturated carbocycles. The van der Waals surface area contributed by atoms with E-state index < -0.39 is 0 Å². The van der Waals surface area contributed by atoms with Crippen molar-refractivity contribution in [2.75, 3.05) is 26.2 Å². The average Bonchev–Trinajstić information content (AvgIpc) is 2.69. The van der Waals surface area contributed by atoms with Gasteiger partial charge in [-0.05, 0) is 64.0 Å². The normalized spacial score (nSPS) is 8.57. The van der Waals surface area contributed by atoms with E-state index in [-0.39, 0.29) is 5.82 Å². The third-order valence-electron chi connectivity index (χ3n) is 2.69. The number of nitrogens with zero attached hydrogens (tertiary/aromatic N) is 1. The Balaban J connectivity index is -0.000000219. The number of rotatable bonds is 8. The van der Waals surface area contributed by atoms with Crippen LogP contribution in [0.4, 0.5) is 4.39 Å². The summed E-state index contributed by atoms with van der Waals surface area (Å²) in [5.74, 6) is 0.516. The van der Waals surface area contributed by atoms with E-state index >= 15 is 0 Å². The number of hydrogen-bond donors (Lipinski definition) is 0. The molecular formula is C25H50FNO. The van der Waals surface area contributed by atoms with Crippen LogP contribution >= 0.6 is 0 Å². The molecule has 2 nitrogen and oxygen atoms in total. The zero-order valence-electron chi connectivity index (χ0n) is 20.7. The van der Waals surface area contributed by atoms with Crippen LogP contribution in [0.3, 0.4) is 0 Å². The fourth-order valence-electron chi connectivity index (χ4n) is 1.75. The molecule has 1 aromatic carbocycles. The van der Waals surface area contributed by atoms with Gasteiger partial charge in [-0.25, -0.2) is 4.39 Å². The molecule has 0 amide bonds. The Hall–Kier alpha value is -1.35. The number of allylic oxidation sites excluding steroid dienone is 1. The molecule has 0 N–H and O–H groups in total. The highest BCUT2D eigenvalue weighted by Gasteiger charge is 2.00. The van der Waals surface area contributed by atoms with Crippen molar-refractivity contribution >= 4 is 0 Å². The van der Waals surface area contributed by atoms with Crippen molar-refractivity contribution in [2.24, 2.45) is 0 Å². The number of benzene rings is 1. The van der Waals surface area contributed by atoms with E-state index in [1.807, 2.05) is 41.5 Å². The minimum absolute atomic E-state index is 0.225. The third-order valence-corrected chi connectivity index (χ3v) is 2.69. The summed E-state index contributed by atoms with van der Waals surface area (Å²) in [4.78, 5) is 2.41. The van der Waals surface area contributed by atoms with Gasteiger partial charge in [0.05, 0.1) is 6.61 Å². The first kappa shape index (κ1) is 34.2. The van der Waals surface area contributed by atoms with E-state index in [1.54, 1.807) is 12.1 Å². The van der Waals surface area contributed by atoms with Crippen LogP contribution in [0.2, 0.25) is 0 Å². The molecule has 0 aliphatic carbocycles. The molecule has 0 aromatic heterocycles. The summed E-state index contributed by atoms with van der Waals surface area (Å²) in [7, 11) is 0. The van der Waals surface area contributed by atoms with Gasteiger partial charge in [-0.1, -0.05) is 67.4 Å². The molecule has 1 aromatic rings. The SMILES string of the molecule is C=C(C)C.CC.CC.CCC.CCCN(CC)CCCOc1ccc(F)cc1. The molecule has 0 radical (unpaired) electrons. The van der Waals surface area contributed by atoms with E-state index in [9.17, 15) is 4.39 Å². The Morgan fingerprint density at radius 3 is 1.71 bits per heavy atom. The smallest absolute Gasteiger partial charge is 0.123 e. The highest BCUT2D eigenvalue weighted by molar-refractivity contribution is 5.21. The molecule has 168 valence electrons. The van der Waals surface area contributed by atoms with Gasteiger partial charge in [-0.3, -0.25) is 0 Å². The number of hydrogen-bond acceptors (Lipinski definition) is 2. The van der Waals surface area contributed by atoms with Crippen LogP contribution in [-0.4, -0.2) is 31.1 Å².